The molecule has 3 rings (SSSR count). The second-order valence-corrected chi connectivity index (χ2v) is 8.15. The van der Waals surface area contributed by atoms with Gasteiger partial charge >= 0.3 is 4.87 Å². The SMILES string of the molecule is CC(C)[C@H](CO)Nc1nc(SCc2cccc(F)c2F)nc2[nH]c(=O)sc12. The lowest BCUT2D eigenvalue weighted by atomic mass is 10.1. The molecular formula is C17H18F2N4O2S2. The Kier molecular flexibility index (Phi) is 6.08. The summed E-state index contributed by atoms with van der Waals surface area (Å²) in [7, 11) is 0. The van der Waals surface area contributed by atoms with Gasteiger partial charge in [-0.1, -0.05) is 49.1 Å². The maximum atomic E-state index is 13.8. The zero-order chi connectivity index (χ0) is 19.6. The van der Waals surface area contributed by atoms with Gasteiger partial charge in [0.1, 0.15) is 4.70 Å². The van der Waals surface area contributed by atoms with Gasteiger partial charge in [-0.15, -0.1) is 0 Å². The summed E-state index contributed by atoms with van der Waals surface area (Å²) in [5, 5.41) is 13.0. The second-order valence-electron chi connectivity index (χ2n) is 6.23. The molecule has 1 atom stereocenters. The standard InChI is InChI=1S/C17H18F2N4O2S2/c1-8(2)11(6-24)20-14-13-15(23-17(25)27-13)22-16(21-14)26-7-9-4-3-5-10(18)12(9)19/h3-5,8,11,24H,6-7H2,1-2H3,(H2,20,21,22,23,25)/t11-/m0/s1. The normalized spacial score (nSPS) is 12.7. The van der Waals surface area contributed by atoms with Crippen molar-refractivity contribution < 1.29 is 13.9 Å². The highest BCUT2D eigenvalue weighted by atomic mass is 32.2. The highest BCUT2D eigenvalue weighted by molar-refractivity contribution is 7.98. The van der Waals surface area contributed by atoms with Crippen LogP contribution in [0.3, 0.4) is 0 Å². The van der Waals surface area contributed by atoms with Crippen LogP contribution in [0.25, 0.3) is 10.3 Å². The Bertz CT molecular complexity index is 1010. The van der Waals surface area contributed by atoms with Gasteiger partial charge in [-0.2, -0.15) is 0 Å². The molecule has 0 spiro atoms. The molecule has 10 heteroatoms. The number of hydrogen-bond acceptors (Lipinski definition) is 7. The Labute approximate surface area is 162 Å². The van der Waals surface area contributed by atoms with E-state index in [2.05, 4.69) is 20.3 Å². The highest BCUT2D eigenvalue weighted by Gasteiger charge is 2.18. The predicted octanol–water partition coefficient (Wildman–Crippen LogP) is 3.38. The number of rotatable bonds is 7. The summed E-state index contributed by atoms with van der Waals surface area (Å²) in [5.74, 6) is -1.10. The van der Waals surface area contributed by atoms with Crippen LogP contribution in [0.4, 0.5) is 14.6 Å². The molecule has 2 aromatic heterocycles. The van der Waals surface area contributed by atoms with E-state index < -0.39 is 11.6 Å². The molecule has 0 saturated heterocycles. The number of aromatic nitrogens is 3. The van der Waals surface area contributed by atoms with Crippen LogP contribution in [0.15, 0.2) is 28.2 Å². The van der Waals surface area contributed by atoms with E-state index in [-0.39, 0.29) is 34.8 Å². The smallest absolute Gasteiger partial charge is 0.306 e. The van der Waals surface area contributed by atoms with Gasteiger partial charge in [-0.25, -0.2) is 18.7 Å². The molecule has 144 valence electrons. The summed E-state index contributed by atoms with van der Waals surface area (Å²) < 4.78 is 27.7. The van der Waals surface area contributed by atoms with E-state index in [1.807, 2.05) is 13.8 Å². The van der Waals surface area contributed by atoms with Gasteiger partial charge in [0.25, 0.3) is 0 Å². The third kappa shape index (κ3) is 4.45. The highest BCUT2D eigenvalue weighted by Crippen LogP contribution is 2.28. The number of aliphatic hydroxyl groups excluding tert-OH is 1. The topological polar surface area (TPSA) is 90.9 Å². The van der Waals surface area contributed by atoms with E-state index in [0.717, 1.165) is 29.2 Å². The average Bonchev–Trinajstić information content (AvgIpc) is 3.00. The molecule has 3 N–H and O–H groups in total. The van der Waals surface area contributed by atoms with Crippen molar-refractivity contribution in [3.8, 4) is 0 Å². The van der Waals surface area contributed by atoms with Crippen LogP contribution in [-0.2, 0) is 5.75 Å². The Morgan fingerprint density at radius 1 is 1.33 bits per heavy atom. The molecule has 0 radical (unpaired) electrons. The average molecular weight is 412 g/mol. The lowest BCUT2D eigenvalue weighted by molar-refractivity contribution is 0.249. The monoisotopic (exact) mass is 412 g/mol. The lowest BCUT2D eigenvalue weighted by Gasteiger charge is -2.20. The van der Waals surface area contributed by atoms with Crippen LogP contribution >= 0.6 is 23.1 Å². The first kappa shape index (κ1) is 19.7. The Morgan fingerprint density at radius 3 is 2.81 bits per heavy atom. The summed E-state index contributed by atoms with van der Waals surface area (Å²) in [6.45, 7) is 3.81. The minimum Gasteiger partial charge on any atom is -0.394 e. The molecule has 1 aromatic carbocycles. The maximum Gasteiger partial charge on any atom is 0.306 e. The Morgan fingerprint density at radius 2 is 2.11 bits per heavy atom. The van der Waals surface area contributed by atoms with E-state index in [4.69, 9.17) is 0 Å². The number of H-pyrrole nitrogens is 1. The van der Waals surface area contributed by atoms with Crippen molar-refractivity contribution in [2.75, 3.05) is 11.9 Å². The van der Waals surface area contributed by atoms with Crippen molar-refractivity contribution in [3.63, 3.8) is 0 Å². The van der Waals surface area contributed by atoms with Crippen LogP contribution in [0.2, 0.25) is 0 Å². The fourth-order valence-electron chi connectivity index (χ4n) is 2.39. The van der Waals surface area contributed by atoms with Crippen molar-refractivity contribution in [3.05, 3.63) is 45.1 Å². The largest absolute Gasteiger partial charge is 0.394 e. The number of benzene rings is 1. The number of hydrogen-bond donors (Lipinski definition) is 3. The van der Waals surface area contributed by atoms with Crippen LogP contribution in [0.5, 0.6) is 0 Å². The molecule has 0 fully saturated rings. The fraction of sp³-hybridized carbons (Fsp3) is 0.353. The maximum absolute atomic E-state index is 13.8. The molecule has 0 saturated carbocycles. The first-order valence-electron chi connectivity index (χ1n) is 8.23. The summed E-state index contributed by atoms with van der Waals surface area (Å²) in [6, 6.07) is 3.75. The van der Waals surface area contributed by atoms with E-state index in [0.29, 0.717) is 21.3 Å². The zero-order valence-electron chi connectivity index (χ0n) is 14.6. The minimum atomic E-state index is -0.906. The van der Waals surface area contributed by atoms with Crippen molar-refractivity contribution in [2.45, 2.75) is 30.8 Å². The van der Waals surface area contributed by atoms with E-state index >= 15 is 0 Å². The molecule has 0 amide bonds. The van der Waals surface area contributed by atoms with Crippen molar-refractivity contribution in [1.29, 1.82) is 0 Å². The number of nitrogens with zero attached hydrogens (tertiary/aromatic N) is 2. The second kappa shape index (κ2) is 8.32. The quantitative estimate of drug-likeness (QED) is 0.407. The minimum absolute atomic E-state index is 0.0978. The van der Waals surface area contributed by atoms with Gasteiger partial charge in [-0.3, -0.25) is 9.78 Å². The third-order valence-electron chi connectivity index (χ3n) is 3.97. The molecule has 27 heavy (non-hydrogen) atoms. The van der Waals surface area contributed by atoms with Gasteiger partial charge in [0.05, 0.1) is 12.6 Å². The number of fused-ring (bicyclic) bond motifs is 1. The molecule has 2 heterocycles. The number of aromatic amines is 1. The number of aliphatic hydroxyl groups is 1. The lowest BCUT2D eigenvalue weighted by Crippen LogP contribution is -2.30. The number of halogens is 2. The van der Waals surface area contributed by atoms with Crippen LogP contribution in [-0.4, -0.2) is 32.7 Å². The number of thioether (sulfide) groups is 1. The molecule has 0 unspecified atom stereocenters. The van der Waals surface area contributed by atoms with Crippen LogP contribution in [0, 0.1) is 17.6 Å². The van der Waals surface area contributed by atoms with E-state index in [9.17, 15) is 18.7 Å². The van der Waals surface area contributed by atoms with Gasteiger partial charge in [-0.05, 0) is 12.0 Å². The zero-order valence-corrected chi connectivity index (χ0v) is 16.3. The molecule has 0 aliphatic carbocycles. The molecule has 3 aromatic rings. The van der Waals surface area contributed by atoms with Crippen molar-refractivity contribution >= 4 is 39.3 Å². The number of thiazole rings is 1. The Balaban J connectivity index is 1.91. The van der Waals surface area contributed by atoms with Crippen LogP contribution in [0.1, 0.15) is 19.4 Å². The molecule has 6 nitrogen and oxygen atoms in total. The molecular weight excluding hydrogens is 394 g/mol. The summed E-state index contributed by atoms with van der Waals surface area (Å²) in [4.78, 5) is 22.8. The first-order valence-corrected chi connectivity index (χ1v) is 10.0. The van der Waals surface area contributed by atoms with Crippen LogP contribution < -0.4 is 10.2 Å². The third-order valence-corrected chi connectivity index (χ3v) is 5.75. The van der Waals surface area contributed by atoms with Gasteiger partial charge < -0.3 is 10.4 Å². The van der Waals surface area contributed by atoms with Crippen molar-refractivity contribution in [1.82, 2.24) is 15.0 Å². The molecule has 0 aliphatic rings. The summed E-state index contributed by atoms with van der Waals surface area (Å²) >= 11 is 2.10. The van der Waals surface area contributed by atoms with E-state index in [1.165, 1.54) is 12.1 Å². The number of nitrogens with one attached hydrogen (secondary N) is 2. The molecule has 0 aliphatic heterocycles. The van der Waals surface area contributed by atoms with Gasteiger partial charge in [0, 0.05) is 11.3 Å². The molecule has 0 bridgehead atoms. The summed E-state index contributed by atoms with van der Waals surface area (Å²) in [6.07, 6.45) is 0. The Hall–Kier alpha value is -2.04. The number of anilines is 1. The predicted molar refractivity (Wildman–Crippen MR) is 103 cm³/mol. The fourth-order valence-corrected chi connectivity index (χ4v) is 3.94. The van der Waals surface area contributed by atoms with Crippen molar-refractivity contribution in [2.24, 2.45) is 5.92 Å². The first-order chi connectivity index (χ1) is 12.9. The van der Waals surface area contributed by atoms with Gasteiger partial charge in [0.15, 0.2) is 28.3 Å². The van der Waals surface area contributed by atoms with E-state index in [1.54, 1.807) is 0 Å². The summed E-state index contributed by atoms with van der Waals surface area (Å²) in [5.41, 5.74) is 0.567. The van der Waals surface area contributed by atoms with Gasteiger partial charge in [0.2, 0.25) is 0 Å².